The summed E-state index contributed by atoms with van der Waals surface area (Å²) in [7, 11) is 0. The van der Waals surface area contributed by atoms with Crippen LogP contribution in [0.3, 0.4) is 0 Å². The minimum absolute atomic E-state index is 0.0926. The molecule has 0 saturated carbocycles. The van der Waals surface area contributed by atoms with Gasteiger partial charge in [0, 0.05) is 56.8 Å². The van der Waals surface area contributed by atoms with E-state index in [0.29, 0.717) is 17.7 Å². The first-order valence-corrected chi connectivity index (χ1v) is 11.3. The van der Waals surface area contributed by atoms with E-state index < -0.39 is 0 Å². The highest BCUT2D eigenvalue weighted by molar-refractivity contribution is 5.35. The van der Waals surface area contributed by atoms with Gasteiger partial charge in [-0.3, -0.25) is 9.80 Å². The molecule has 3 unspecified atom stereocenters. The molecule has 31 heavy (non-hydrogen) atoms. The fraction of sp³-hybridized carbons (Fsp3) is 0.423. The highest BCUT2D eigenvalue weighted by atomic mass is 16.3. The number of piperazine rings is 1. The van der Waals surface area contributed by atoms with Crippen molar-refractivity contribution in [2.45, 2.75) is 38.3 Å². The molecule has 5 nitrogen and oxygen atoms in total. The van der Waals surface area contributed by atoms with E-state index in [4.69, 9.17) is 0 Å². The number of phenolic OH excluding ortho intramolecular Hbond substituents is 1. The van der Waals surface area contributed by atoms with Crippen LogP contribution >= 0.6 is 0 Å². The van der Waals surface area contributed by atoms with E-state index >= 15 is 0 Å². The molecule has 5 heteroatoms. The van der Waals surface area contributed by atoms with Gasteiger partial charge in [-0.1, -0.05) is 38.1 Å². The van der Waals surface area contributed by atoms with E-state index in [9.17, 15) is 5.11 Å². The number of phenols is 1. The van der Waals surface area contributed by atoms with Crippen LogP contribution in [0.15, 0.2) is 67.3 Å². The first kappa shape index (κ1) is 20.3. The van der Waals surface area contributed by atoms with Crippen molar-refractivity contribution in [3.8, 4) is 11.4 Å². The minimum atomic E-state index is 0.0926. The predicted molar refractivity (Wildman–Crippen MR) is 123 cm³/mol. The quantitative estimate of drug-likeness (QED) is 0.697. The molecule has 0 bridgehead atoms. The third-order valence-corrected chi connectivity index (χ3v) is 7.60. The molecule has 2 fully saturated rings. The molecule has 0 aliphatic carbocycles. The van der Waals surface area contributed by atoms with Gasteiger partial charge in [-0.25, -0.2) is 4.98 Å². The molecule has 0 radical (unpaired) electrons. The lowest BCUT2D eigenvalue weighted by molar-refractivity contribution is -0.00557. The Morgan fingerprint density at radius 1 is 1.10 bits per heavy atom. The number of imidazole rings is 1. The molecule has 3 aromatic rings. The topological polar surface area (TPSA) is 44.5 Å². The largest absolute Gasteiger partial charge is 0.508 e. The number of hydrogen-bond acceptors (Lipinski definition) is 4. The SMILES string of the molecule is CC1CN2CCN(Cc3ccc(-n4ccnc4)cc3)CC2CC1(C)c1cccc(O)c1. The van der Waals surface area contributed by atoms with Gasteiger partial charge in [0.25, 0.3) is 0 Å². The Hall–Kier alpha value is -2.63. The molecule has 3 atom stereocenters. The highest BCUT2D eigenvalue weighted by Crippen LogP contribution is 2.43. The third-order valence-electron chi connectivity index (χ3n) is 7.60. The Balaban J connectivity index is 1.28. The summed E-state index contributed by atoms with van der Waals surface area (Å²) in [5, 5.41) is 10.0. The van der Waals surface area contributed by atoms with Crippen molar-refractivity contribution in [2.24, 2.45) is 5.92 Å². The maximum atomic E-state index is 10.0. The number of rotatable bonds is 4. The van der Waals surface area contributed by atoms with Crippen molar-refractivity contribution < 1.29 is 5.11 Å². The number of benzene rings is 2. The monoisotopic (exact) mass is 416 g/mol. The van der Waals surface area contributed by atoms with Crippen molar-refractivity contribution in [1.29, 1.82) is 0 Å². The van der Waals surface area contributed by atoms with E-state index in [1.807, 2.05) is 35.4 Å². The lowest BCUT2D eigenvalue weighted by atomic mass is 9.65. The maximum Gasteiger partial charge on any atom is 0.115 e. The molecular weight excluding hydrogens is 384 g/mol. The highest BCUT2D eigenvalue weighted by Gasteiger charge is 2.44. The lowest BCUT2D eigenvalue weighted by Gasteiger charge is -2.53. The van der Waals surface area contributed by atoms with E-state index in [0.717, 1.165) is 44.8 Å². The molecule has 2 aliphatic heterocycles. The molecule has 0 spiro atoms. The number of piperidine rings is 1. The van der Waals surface area contributed by atoms with Gasteiger partial charge < -0.3 is 9.67 Å². The van der Waals surface area contributed by atoms with Crippen LogP contribution in [0.4, 0.5) is 0 Å². The van der Waals surface area contributed by atoms with Gasteiger partial charge >= 0.3 is 0 Å². The summed E-state index contributed by atoms with van der Waals surface area (Å²) in [6.45, 7) is 10.2. The fourth-order valence-electron chi connectivity index (χ4n) is 5.49. The van der Waals surface area contributed by atoms with E-state index in [2.05, 4.69) is 59.0 Å². The zero-order valence-electron chi connectivity index (χ0n) is 18.5. The van der Waals surface area contributed by atoms with Crippen LogP contribution in [-0.2, 0) is 12.0 Å². The van der Waals surface area contributed by atoms with Gasteiger partial charge in [0.15, 0.2) is 0 Å². The Morgan fingerprint density at radius 3 is 2.68 bits per heavy atom. The molecule has 2 saturated heterocycles. The van der Waals surface area contributed by atoms with Gasteiger partial charge in [0.2, 0.25) is 0 Å². The van der Waals surface area contributed by atoms with Gasteiger partial charge in [-0.2, -0.15) is 0 Å². The Kier molecular flexibility index (Phi) is 5.32. The zero-order chi connectivity index (χ0) is 21.4. The van der Waals surface area contributed by atoms with Crippen LogP contribution in [-0.4, -0.2) is 56.7 Å². The summed E-state index contributed by atoms with van der Waals surface area (Å²) in [5.41, 5.74) is 3.87. The summed E-state index contributed by atoms with van der Waals surface area (Å²) in [6, 6.07) is 17.3. The van der Waals surface area contributed by atoms with Crippen molar-refractivity contribution >= 4 is 0 Å². The van der Waals surface area contributed by atoms with E-state index in [1.165, 1.54) is 11.1 Å². The number of aromatic hydroxyl groups is 1. The van der Waals surface area contributed by atoms with Crippen LogP contribution in [0.1, 0.15) is 31.4 Å². The summed E-state index contributed by atoms with van der Waals surface area (Å²) >= 11 is 0. The van der Waals surface area contributed by atoms with Crippen molar-refractivity contribution in [3.05, 3.63) is 78.4 Å². The summed E-state index contributed by atoms with van der Waals surface area (Å²) in [5.74, 6) is 0.936. The second-order valence-electron chi connectivity index (χ2n) is 9.59. The van der Waals surface area contributed by atoms with Crippen LogP contribution < -0.4 is 0 Å². The molecule has 2 aromatic carbocycles. The van der Waals surface area contributed by atoms with E-state index in [-0.39, 0.29) is 5.41 Å². The van der Waals surface area contributed by atoms with Gasteiger partial charge in [0.1, 0.15) is 5.75 Å². The second kappa shape index (κ2) is 8.13. The van der Waals surface area contributed by atoms with Gasteiger partial charge in [-0.05, 0) is 53.1 Å². The second-order valence-corrected chi connectivity index (χ2v) is 9.59. The van der Waals surface area contributed by atoms with Crippen LogP contribution in [0.25, 0.3) is 5.69 Å². The molecule has 1 aromatic heterocycles. The molecule has 5 rings (SSSR count). The van der Waals surface area contributed by atoms with Crippen LogP contribution in [0, 0.1) is 5.92 Å². The number of nitrogens with zero attached hydrogens (tertiary/aromatic N) is 4. The van der Waals surface area contributed by atoms with Gasteiger partial charge in [-0.15, -0.1) is 0 Å². The molecular formula is C26H32N4O. The Morgan fingerprint density at radius 2 is 1.94 bits per heavy atom. The van der Waals surface area contributed by atoms with Crippen LogP contribution in [0.5, 0.6) is 5.75 Å². The summed E-state index contributed by atoms with van der Waals surface area (Å²) in [6.07, 6.45) is 6.75. The number of hydrogen-bond donors (Lipinski definition) is 1. The standard InChI is InChI=1S/C26H32N4O/c1-20-16-29-13-12-28(17-21-6-8-23(9-7-21)30-11-10-27-19-30)18-24(29)15-26(20,2)22-4-3-5-25(31)14-22/h3-11,14,19-20,24,31H,12-13,15-18H2,1-2H3. The predicted octanol–water partition coefficient (Wildman–Crippen LogP) is 4.06. The molecule has 0 amide bonds. The number of aromatic nitrogens is 2. The minimum Gasteiger partial charge on any atom is -0.508 e. The average molecular weight is 417 g/mol. The first-order chi connectivity index (χ1) is 15.0. The molecule has 2 aliphatic rings. The summed E-state index contributed by atoms with van der Waals surface area (Å²) < 4.78 is 2.04. The molecule has 3 heterocycles. The summed E-state index contributed by atoms with van der Waals surface area (Å²) in [4.78, 5) is 9.42. The number of fused-ring (bicyclic) bond motifs is 1. The zero-order valence-corrected chi connectivity index (χ0v) is 18.5. The Bertz CT molecular complexity index is 1020. The lowest BCUT2D eigenvalue weighted by Crippen LogP contribution is -2.60. The molecule has 162 valence electrons. The maximum absolute atomic E-state index is 10.0. The normalized spacial score (nSPS) is 27.2. The molecule has 1 N–H and O–H groups in total. The average Bonchev–Trinajstić information content (AvgIpc) is 3.30. The van der Waals surface area contributed by atoms with Crippen molar-refractivity contribution in [3.63, 3.8) is 0 Å². The van der Waals surface area contributed by atoms with Crippen LogP contribution in [0.2, 0.25) is 0 Å². The van der Waals surface area contributed by atoms with E-state index in [1.54, 1.807) is 6.07 Å². The third kappa shape index (κ3) is 4.00. The first-order valence-electron chi connectivity index (χ1n) is 11.3. The smallest absolute Gasteiger partial charge is 0.115 e. The van der Waals surface area contributed by atoms with Crippen molar-refractivity contribution in [1.82, 2.24) is 19.4 Å². The Labute approximate surface area is 185 Å². The van der Waals surface area contributed by atoms with Crippen molar-refractivity contribution in [2.75, 3.05) is 26.2 Å². The fourth-order valence-corrected chi connectivity index (χ4v) is 5.49. The van der Waals surface area contributed by atoms with Gasteiger partial charge in [0.05, 0.1) is 6.33 Å².